The van der Waals surface area contributed by atoms with Crippen molar-refractivity contribution in [1.82, 2.24) is 4.90 Å². The van der Waals surface area contributed by atoms with Gasteiger partial charge in [-0.05, 0) is 24.3 Å². The maximum Gasteiger partial charge on any atom is 0.271 e. The van der Waals surface area contributed by atoms with Crippen LogP contribution in [0.15, 0.2) is 42.5 Å². The van der Waals surface area contributed by atoms with Crippen molar-refractivity contribution in [2.75, 3.05) is 17.3 Å². The van der Waals surface area contributed by atoms with E-state index in [1.54, 1.807) is 24.3 Å². The maximum atomic E-state index is 14.0. The van der Waals surface area contributed by atoms with E-state index in [2.05, 4.69) is 5.32 Å². The van der Waals surface area contributed by atoms with Gasteiger partial charge in [-0.3, -0.25) is 19.3 Å². The van der Waals surface area contributed by atoms with Crippen LogP contribution in [0.1, 0.15) is 23.2 Å². The van der Waals surface area contributed by atoms with Gasteiger partial charge in [-0.25, -0.2) is 8.78 Å². The fourth-order valence-corrected chi connectivity index (χ4v) is 3.74. The van der Waals surface area contributed by atoms with Crippen molar-refractivity contribution >= 4 is 29.1 Å². The number of benzene rings is 2. The van der Waals surface area contributed by atoms with Gasteiger partial charge in [0.2, 0.25) is 11.6 Å². The highest BCUT2D eigenvalue weighted by atomic mass is 19.1. The molecule has 2 aliphatic rings. The fourth-order valence-electron chi connectivity index (χ4n) is 3.74. The first-order valence-corrected chi connectivity index (χ1v) is 8.33. The molecule has 0 bridgehead atoms. The topological polar surface area (TPSA) is 69.7 Å². The Kier molecular flexibility index (Phi) is 3.73. The Hall–Kier alpha value is -3.29. The molecular weight excluding hydrogens is 356 g/mol. The first-order valence-electron chi connectivity index (χ1n) is 8.33. The number of hydrogen-bond donors (Lipinski definition) is 1. The van der Waals surface area contributed by atoms with Gasteiger partial charge in [-0.2, -0.15) is 0 Å². The smallest absolute Gasteiger partial charge is 0.271 e. The van der Waals surface area contributed by atoms with Gasteiger partial charge in [-0.15, -0.1) is 0 Å². The molecule has 4 rings (SSSR count). The fraction of sp³-hybridized carbons (Fsp3) is 0.211. The Labute approximate surface area is 153 Å². The van der Waals surface area contributed by atoms with Crippen molar-refractivity contribution in [3.63, 3.8) is 0 Å². The Morgan fingerprint density at radius 1 is 1.15 bits per heavy atom. The SMILES string of the molecule is CN1C(=O)c2ccccc2N2C(=O)CC[C@@]12C(=O)Nc1ccc(F)cc1F. The number of nitrogens with one attached hydrogen (secondary N) is 1. The summed E-state index contributed by atoms with van der Waals surface area (Å²) in [5.74, 6) is -3.17. The molecule has 2 aromatic rings. The quantitative estimate of drug-likeness (QED) is 0.882. The molecule has 1 saturated heterocycles. The number of para-hydroxylation sites is 1. The number of carbonyl (C=O) groups excluding carboxylic acids is 3. The van der Waals surface area contributed by atoms with E-state index < -0.39 is 29.1 Å². The van der Waals surface area contributed by atoms with E-state index in [0.717, 1.165) is 12.1 Å². The first kappa shape index (κ1) is 17.1. The second-order valence-corrected chi connectivity index (χ2v) is 6.51. The molecule has 6 nitrogen and oxygen atoms in total. The van der Waals surface area contributed by atoms with Gasteiger partial charge in [0.1, 0.15) is 11.6 Å². The molecule has 1 fully saturated rings. The molecule has 0 aromatic heterocycles. The number of halogens is 2. The summed E-state index contributed by atoms with van der Waals surface area (Å²) in [5.41, 5.74) is -1.18. The summed E-state index contributed by atoms with van der Waals surface area (Å²) >= 11 is 0. The molecule has 0 aliphatic carbocycles. The van der Waals surface area contributed by atoms with E-state index in [-0.39, 0.29) is 24.4 Å². The molecule has 0 saturated carbocycles. The zero-order chi connectivity index (χ0) is 19.3. The molecule has 0 radical (unpaired) electrons. The minimum atomic E-state index is -1.61. The molecule has 27 heavy (non-hydrogen) atoms. The van der Waals surface area contributed by atoms with Crippen molar-refractivity contribution in [2.45, 2.75) is 18.5 Å². The van der Waals surface area contributed by atoms with Crippen molar-refractivity contribution in [1.29, 1.82) is 0 Å². The van der Waals surface area contributed by atoms with E-state index in [1.807, 2.05) is 0 Å². The first-order chi connectivity index (χ1) is 12.9. The number of hydrogen-bond acceptors (Lipinski definition) is 3. The predicted molar refractivity (Wildman–Crippen MR) is 93.0 cm³/mol. The lowest BCUT2D eigenvalue weighted by Gasteiger charge is -2.47. The molecule has 2 heterocycles. The highest BCUT2D eigenvalue weighted by Crippen LogP contribution is 2.44. The second-order valence-electron chi connectivity index (χ2n) is 6.51. The average Bonchev–Trinajstić information content (AvgIpc) is 3.01. The van der Waals surface area contributed by atoms with Crippen LogP contribution in [0.25, 0.3) is 0 Å². The number of fused-ring (bicyclic) bond motifs is 3. The van der Waals surface area contributed by atoms with Crippen LogP contribution in [0.4, 0.5) is 20.2 Å². The zero-order valence-corrected chi connectivity index (χ0v) is 14.3. The minimum absolute atomic E-state index is 0.0608. The minimum Gasteiger partial charge on any atom is -0.320 e. The summed E-state index contributed by atoms with van der Waals surface area (Å²) in [5, 5.41) is 2.40. The van der Waals surface area contributed by atoms with Crippen molar-refractivity contribution < 1.29 is 23.2 Å². The zero-order valence-electron chi connectivity index (χ0n) is 14.3. The number of likely N-dealkylation sites (N-methyl/N-ethyl adjacent to an activating group) is 1. The Bertz CT molecular complexity index is 994. The number of rotatable bonds is 2. The lowest BCUT2D eigenvalue weighted by Crippen LogP contribution is -2.68. The number of nitrogens with zero attached hydrogens (tertiary/aromatic N) is 2. The van der Waals surface area contributed by atoms with Crippen LogP contribution >= 0.6 is 0 Å². The Morgan fingerprint density at radius 3 is 2.63 bits per heavy atom. The third kappa shape index (κ3) is 2.33. The van der Waals surface area contributed by atoms with Crippen molar-refractivity contribution in [2.24, 2.45) is 0 Å². The molecule has 0 spiro atoms. The molecule has 2 aromatic carbocycles. The van der Waals surface area contributed by atoms with Gasteiger partial charge in [0.05, 0.1) is 16.9 Å². The molecule has 138 valence electrons. The highest BCUT2D eigenvalue weighted by Gasteiger charge is 2.59. The monoisotopic (exact) mass is 371 g/mol. The van der Waals surface area contributed by atoms with Crippen LogP contribution < -0.4 is 10.2 Å². The predicted octanol–water partition coefficient (Wildman–Crippen LogP) is 2.51. The second kappa shape index (κ2) is 5.87. The maximum absolute atomic E-state index is 14.0. The van der Waals surface area contributed by atoms with Crippen molar-refractivity contribution in [3.8, 4) is 0 Å². The van der Waals surface area contributed by atoms with E-state index in [4.69, 9.17) is 0 Å². The summed E-state index contributed by atoms with van der Waals surface area (Å²) in [6.07, 6.45) is 0.127. The van der Waals surface area contributed by atoms with E-state index in [1.165, 1.54) is 16.8 Å². The van der Waals surface area contributed by atoms with Crippen LogP contribution in [0.5, 0.6) is 0 Å². The van der Waals surface area contributed by atoms with E-state index in [9.17, 15) is 23.2 Å². The third-order valence-electron chi connectivity index (χ3n) is 5.08. The lowest BCUT2D eigenvalue weighted by atomic mass is 9.96. The highest BCUT2D eigenvalue weighted by molar-refractivity contribution is 6.18. The normalized spacial score (nSPS) is 21.1. The van der Waals surface area contributed by atoms with Gasteiger partial charge in [0, 0.05) is 26.0 Å². The number of anilines is 2. The summed E-state index contributed by atoms with van der Waals surface area (Å²) in [4.78, 5) is 41.1. The summed E-state index contributed by atoms with van der Waals surface area (Å²) in [6, 6.07) is 9.29. The van der Waals surface area contributed by atoms with Crippen LogP contribution in [0.2, 0.25) is 0 Å². The Balaban J connectivity index is 1.81. The van der Waals surface area contributed by atoms with Gasteiger partial charge >= 0.3 is 0 Å². The van der Waals surface area contributed by atoms with Gasteiger partial charge in [-0.1, -0.05) is 12.1 Å². The van der Waals surface area contributed by atoms with Crippen molar-refractivity contribution in [3.05, 3.63) is 59.7 Å². The molecule has 1 atom stereocenters. The van der Waals surface area contributed by atoms with Gasteiger partial charge in [0.15, 0.2) is 0 Å². The molecule has 3 amide bonds. The van der Waals surface area contributed by atoms with Crippen LogP contribution in [0.3, 0.4) is 0 Å². The molecular formula is C19H15F2N3O3. The largest absolute Gasteiger partial charge is 0.320 e. The van der Waals surface area contributed by atoms with E-state index >= 15 is 0 Å². The van der Waals surface area contributed by atoms with E-state index in [0.29, 0.717) is 17.3 Å². The molecule has 1 N–H and O–H groups in total. The average molecular weight is 371 g/mol. The van der Waals surface area contributed by atoms with Crippen LogP contribution in [-0.4, -0.2) is 35.3 Å². The number of amides is 3. The summed E-state index contributed by atoms with van der Waals surface area (Å²) < 4.78 is 27.1. The summed E-state index contributed by atoms with van der Waals surface area (Å²) in [7, 11) is 1.43. The molecule has 0 unspecified atom stereocenters. The Morgan fingerprint density at radius 2 is 1.89 bits per heavy atom. The third-order valence-corrected chi connectivity index (χ3v) is 5.08. The standard InChI is InChI=1S/C19H15F2N3O3/c1-23-17(26)12-4-2-3-5-15(12)24-16(25)8-9-19(23,24)18(27)22-14-7-6-11(20)10-13(14)21/h2-7,10H,8-9H2,1H3,(H,22,27)/t19-/m1/s1. The van der Waals surface area contributed by atoms with Crippen LogP contribution in [-0.2, 0) is 9.59 Å². The molecule has 2 aliphatic heterocycles. The number of carbonyl (C=O) groups is 3. The van der Waals surface area contributed by atoms with Gasteiger partial charge < -0.3 is 10.2 Å². The van der Waals surface area contributed by atoms with Crippen LogP contribution in [0, 0.1) is 11.6 Å². The van der Waals surface area contributed by atoms with Gasteiger partial charge in [0.25, 0.3) is 11.8 Å². The lowest BCUT2D eigenvalue weighted by molar-refractivity contribution is -0.128. The summed E-state index contributed by atoms with van der Waals surface area (Å²) in [6.45, 7) is 0. The molecule has 8 heteroatoms.